The van der Waals surface area contributed by atoms with E-state index in [1.165, 1.54) is 0 Å². The molecule has 2 atom stereocenters. The molecule has 0 aliphatic carbocycles. The fourth-order valence-corrected chi connectivity index (χ4v) is 3.37. The van der Waals surface area contributed by atoms with Crippen LogP contribution < -0.4 is 0 Å². The zero-order valence-electron chi connectivity index (χ0n) is 16.3. The summed E-state index contributed by atoms with van der Waals surface area (Å²) in [6.07, 6.45) is 3.60. The average Bonchev–Trinajstić information content (AvgIpc) is 2.53. The first kappa shape index (κ1) is 21.4. The normalized spacial score (nSPS) is 15.3. The summed E-state index contributed by atoms with van der Waals surface area (Å²) >= 11 is 0. The predicted molar refractivity (Wildman–Crippen MR) is 104 cm³/mol. The van der Waals surface area contributed by atoms with Crippen molar-refractivity contribution in [3.63, 3.8) is 0 Å². The lowest BCUT2D eigenvalue weighted by Gasteiger charge is -2.37. The van der Waals surface area contributed by atoms with Crippen LogP contribution in [0.4, 0.5) is 0 Å². The molecule has 0 bridgehead atoms. The number of rotatable bonds is 10. The number of ether oxygens (including phenoxy) is 1. The van der Waals surface area contributed by atoms with Gasteiger partial charge in [0.1, 0.15) is 0 Å². The molecule has 0 fully saturated rings. The number of unbranched alkanes of at least 4 members (excludes halogenated alkanes) is 1. The van der Waals surface area contributed by atoms with Gasteiger partial charge >= 0.3 is 0 Å². The molecule has 0 saturated carbocycles. The maximum Gasteiger partial charge on any atom is 0.192 e. The standard InChI is InChI=1S/C20H36O3Si/c1-20(2,3)24(5,6)23-16-18(22-4)14-10-11-15-19(21)17-12-8-7-9-13-17/h7-9,12-13,18-19,21H,10-11,14-16H2,1-6H3/t18-,19-/m0/s1. The summed E-state index contributed by atoms with van der Waals surface area (Å²) in [6.45, 7) is 12.0. The Kier molecular flexibility index (Phi) is 8.64. The van der Waals surface area contributed by atoms with Crippen LogP contribution in [0.3, 0.4) is 0 Å². The number of hydrogen-bond acceptors (Lipinski definition) is 3. The Balaban J connectivity index is 2.29. The molecule has 1 N–H and O–H groups in total. The van der Waals surface area contributed by atoms with Gasteiger partial charge in [-0.3, -0.25) is 0 Å². The average molecular weight is 353 g/mol. The van der Waals surface area contributed by atoms with Gasteiger partial charge in [0.25, 0.3) is 0 Å². The second-order valence-corrected chi connectivity index (χ2v) is 12.9. The van der Waals surface area contributed by atoms with E-state index in [0.717, 1.165) is 31.2 Å². The van der Waals surface area contributed by atoms with Crippen molar-refractivity contribution in [2.75, 3.05) is 13.7 Å². The van der Waals surface area contributed by atoms with E-state index in [0.29, 0.717) is 6.61 Å². The summed E-state index contributed by atoms with van der Waals surface area (Å²) in [5, 5.41) is 10.4. The van der Waals surface area contributed by atoms with Crippen LogP contribution in [-0.4, -0.2) is 33.2 Å². The molecule has 24 heavy (non-hydrogen) atoms. The summed E-state index contributed by atoms with van der Waals surface area (Å²) in [7, 11) is 0.0489. The fraction of sp³-hybridized carbons (Fsp3) is 0.700. The van der Waals surface area contributed by atoms with E-state index in [9.17, 15) is 5.11 Å². The van der Waals surface area contributed by atoms with E-state index in [2.05, 4.69) is 33.9 Å². The quantitative estimate of drug-likeness (QED) is 0.458. The van der Waals surface area contributed by atoms with Gasteiger partial charge in [0, 0.05) is 7.11 Å². The minimum atomic E-state index is -1.71. The zero-order valence-corrected chi connectivity index (χ0v) is 17.3. The Labute approximate surface area is 149 Å². The van der Waals surface area contributed by atoms with E-state index >= 15 is 0 Å². The molecule has 0 saturated heterocycles. The van der Waals surface area contributed by atoms with Crippen LogP contribution in [-0.2, 0) is 9.16 Å². The van der Waals surface area contributed by atoms with Gasteiger partial charge in [0.05, 0.1) is 18.8 Å². The number of hydrogen-bond donors (Lipinski definition) is 1. The number of methoxy groups -OCH3 is 1. The molecule has 138 valence electrons. The van der Waals surface area contributed by atoms with Crippen LogP contribution in [0.15, 0.2) is 30.3 Å². The molecule has 0 unspecified atom stereocenters. The SMILES string of the molecule is CO[C@@H](CCCC[C@H](O)c1ccccc1)CO[Si](C)(C)C(C)(C)C. The molecule has 1 rings (SSSR count). The third kappa shape index (κ3) is 7.05. The molecular formula is C20H36O3Si. The molecular weight excluding hydrogens is 316 g/mol. The topological polar surface area (TPSA) is 38.7 Å². The maximum absolute atomic E-state index is 10.2. The monoisotopic (exact) mass is 352 g/mol. The first-order chi connectivity index (χ1) is 11.2. The van der Waals surface area contributed by atoms with Crippen molar-refractivity contribution in [2.45, 2.75) is 76.8 Å². The summed E-state index contributed by atoms with van der Waals surface area (Å²) in [4.78, 5) is 0. The highest BCUT2D eigenvalue weighted by molar-refractivity contribution is 6.74. The van der Waals surface area contributed by atoms with Crippen molar-refractivity contribution in [1.82, 2.24) is 0 Å². The Morgan fingerprint density at radius 2 is 1.62 bits per heavy atom. The lowest BCUT2D eigenvalue weighted by Crippen LogP contribution is -2.42. The molecule has 0 radical (unpaired) electrons. The molecule has 0 aliphatic rings. The Hall–Kier alpha value is -0.683. The summed E-state index contributed by atoms with van der Waals surface area (Å²) in [6, 6.07) is 9.88. The third-order valence-electron chi connectivity index (χ3n) is 5.21. The van der Waals surface area contributed by atoms with Crippen LogP contribution in [0.2, 0.25) is 18.1 Å². The van der Waals surface area contributed by atoms with E-state index in [-0.39, 0.29) is 17.2 Å². The van der Waals surface area contributed by atoms with E-state index in [1.807, 2.05) is 30.3 Å². The molecule has 0 amide bonds. The van der Waals surface area contributed by atoms with Gasteiger partial charge < -0.3 is 14.3 Å². The van der Waals surface area contributed by atoms with Crippen molar-refractivity contribution in [2.24, 2.45) is 0 Å². The number of benzene rings is 1. The number of aliphatic hydroxyl groups is 1. The Morgan fingerprint density at radius 3 is 2.17 bits per heavy atom. The van der Waals surface area contributed by atoms with Crippen LogP contribution in [0, 0.1) is 0 Å². The smallest absolute Gasteiger partial charge is 0.192 e. The van der Waals surface area contributed by atoms with Crippen molar-refractivity contribution >= 4 is 8.32 Å². The molecule has 0 aliphatic heterocycles. The predicted octanol–water partition coefficient (Wildman–Crippen LogP) is 5.32. The maximum atomic E-state index is 10.2. The van der Waals surface area contributed by atoms with Gasteiger partial charge in [-0.2, -0.15) is 0 Å². The molecule has 0 spiro atoms. The van der Waals surface area contributed by atoms with E-state index in [4.69, 9.17) is 9.16 Å². The van der Waals surface area contributed by atoms with Crippen LogP contribution in [0.5, 0.6) is 0 Å². The summed E-state index contributed by atoms with van der Waals surface area (Å²) in [5.41, 5.74) is 1.00. The van der Waals surface area contributed by atoms with Gasteiger partial charge in [-0.15, -0.1) is 0 Å². The van der Waals surface area contributed by atoms with Gasteiger partial charge in [0.15, 0.2) is 8.32 Å². The largest absolute Gasteiger partial charge is 0.414 e. The van der Waals surface area contributed by atoms with Crippen LogP contribution >= 0.6 is 0 Å². The zero-order chi connectivity index (χ0) is 18.2. The second-order valence-electron chi connectivity index (χ2n) is 8.14. The summed E-state index contributed by atoms with van der Waals surface area (Å²) in [5.74, 6) is 0. The van der Waals surface area contributed by atoms with Crippen LogP contribution in [0.1, 0.15) is 58.1 Å². The fourth-order valence-electron chi connectivity index (χ4n) is 2.34. The van der Waals surface area contributed by atoms with Crippen molar-refractivity contribution < 1.29 is 14.3 Å². The molecule has 1 aromatic rings. The highest BCUT2D eigenvalue weighted by Gasteiger charge is 2.37. The van der Waals surface area contributed by atoms with E-state index in [1.54, 1.807) is 7.11 Å². The molecule has 3 nitrogen and oxygen atoms in total. The lowest BCUT2D eigenvalue weighted by atomic mass is 10.0. The molecule has 0 heterocycles. The number of aliphatic hydroxyl groups excluding tert-OH is 1. The highest BCUT2D eigenvalue weighted by atomic mass is 28.4. The molecule has 0 aromatic heterocycles. The van der Waals surface area contributed by atoms with Gasteiger partial charge in [-0.05, 0) is 36.5 Å². The first-order valence-electron chi connectivity index (χ1n) is 9.07. The molecule has 1 aromatic carbocycles. The third-order valence-corrected chi connectivity index (χ3v) is 9.71. The summed E-state index contributed by atoms with van der Waals surface area (Å²) < 4.78 is 11.8. The van der Waals surface area contributed by atoms with Gasteiger partial charge in [0.2, 0.25) is 0 Å². The Bertz CT molecular complexity index is 454. The first-order valence-corrected chi connectivity index (χ1v) is 12.0. The second kappa shape index (κ2) is 9.71. The van der Waals surface area contributed by atoms with Crippen molar-refractivity contribution in [1.29, 1.82) is 0 Å². The van der Waals surface area contributed by atoms with Gasteiger partial charge in [-0.25, -0.2) is 0 Å². The molecule has 4 heteroatoms. The minimum Gasteiger partial charge on any atom is -0.414 e. The Morgan fingerprint density at radius 1 is 1.04 bits per heavy atom. The van der Waals surface area contributed by atoms with Gasteiger partial charge in [-0.1, -0.05) is 63.9 Å². The minimum absolute atomic E-state index is 0.146. The van der Waals surface area contributed by atoms with Crippen LogP contribution in [0.25, 0.3) is 0 Å². The van der Waals surface area contributed by atoms with Crippen molar-refractivity contribution in [3.8, 4) is 0 Å². The lowest BCUT2D eigenvalue weighted by molar-refractivity contribution is 0.0445. The highest BCUT2D eigenvalue weighted by Crippen LogP contribution is 2.36. The van der Waals surface area contributed by atoms with Crippen molar-refractivity contribution in [3.05, 3.63) is 35.9 Å². The van der Waals surface area contributed by atoms with E-state index < -0.39 is 8.32 Å².